The fourth-order valence-corrected chi connectivity index (χ4v) is 4.28. The zero-order valence-electron chi connectivity index (χ0n) is 14.6. The Bertz CT molecular complexity index is 781. The minimum Gasteiger partial charge on any atom is -0.357 e. The highest BCUT2D eigenvalue weighted by Crippen LogP contribution is 2.37. The molecule has 2 aromatic rings. The normalized spacial score (nSPS) is 22.6. The summed E-state index contributed by atoms with van der Waals surface area (Å²) in [6.45, 7) is 3.53. The summed E-state index contributed by atoms with van der Waals surface area (Å²) in [4.78, 5) is 17.8. The first kappa shape index (κ1) is 16.5. The van der Waals surface area contributed by atoms with Gasteiger partial charge in [0.1, 0.15) is 5.82 Å². The van der Waals surface area contributed by atoms with E-state index in [9.17, 15) is 9.18 Å². The maximum atomic E-state index is 13.3. The Morgan fingerprint density at radius 2 is 2.12 bits per heavy atom. The number of aromatic amines is 1. The molecule has 134 valence electrons. The van der Waals surface area contributed by atoms with E-state index in [1.165, 1.54) is 12.1 Å². The molecule has 2 fully saturated rings. The van der Waals surface area contributed by atoms with E-state index in [1.807, 2.05) is 13.1 Å². The lowest BCUT2D eigenvalue weighted by Crippen LogP contribution is -2.41. The van der Waals surface area contributed by atoms with Gasteiger partial charge >= 0.3 is 0 Å². The molecule has 0 radical (unpaired) electrons. The van der Waals surface area contributed by atoms with E-state index in [4.69, 9.17) is 0 Å². The SMILES string of the molecule is CN(Cc1cc2cc(F)ccc2[nH]1)C(=O)[C@@H]1CC2(CCNCC2)CN1. The van der Waals surface area contributed by atoms with Gasteiger partial charge in [-0.05, 0) is 62.0 Å². The molecule has 0 bridgehead atoms. The number of rotatable bonds is 3. The van der Waals surface area contributed by atoms with Crippen molar-refractivity contribution in [3.63, 3.8) is 0 Å². The molecular formula is C19H25FN4O. The first-order chi connectivity index (χ1) is 12.0. The molecule has 1 aromatic heterocycles. The zero-order chi connectivity index (χ0) is 17.4. The van der Waals surface area contributed by atoms with Gasteiger partial charge in [0.2, 0.25) is 5.91 Å². The number of hydrogen-bond donors (Lipinski definition) is 3. The monoisotopic (exact) mass is 344 g/mol. The molecule has 1 aromatic carbocycles. The van der Waals surface area contributed by atoms with Crippen molar-refractivity contribution in [2.45, 2.75) is 31.8 Å². The highest BCUT2D eigenvalue weighted by molar-refractivity contribution is 5.83. The van der Waals surface area contributed by atoms with Crippen molar-refractivity contribution in [2.75, 3.05) is 26.7 Å². The number of piperidine rings is 1. The molecule has 2 aliphatic rings. The lowest BCUT2D eigenvalue weighted by molar-refractivity contribution is -0.132. The van der Waals surface area contributed by atoms with Crippen LogP contribution in [0.4, 0.5) is 4.39 Å². The smallest absolute Gasteiger partial charge is 0.239 e. The average Bonchev–Trinajstić information content (AvgIpc) is 3.18. The number of fused-ring (bicyclic) bond motifs is 1. The molecule has 3 heterocycles. The van der Waals surface area contributed by atoms with Gasteiger partial charge in [0.15, 0.2) is 0 Å². The lowest BCUT2D eigenvalue weighted by atomic mass is 9.77. The Hall–Kier alpha value is -1.92. The number of H-pyrrole nitrogens is 1. The van der Waals surface area contributed by atoms with Crippen LogP contribution in [0.25, 0.3) is 10.9 Å². The van der Waals surface area contributed by atoms with Gasteiger partial charge in [0.05, 0.1) is 12.6 Å². The lowest BCUT2D eigenvalue weighted by Gasteiger charge is -2.33. The van der Waals surface area contributed by atoms with Crippen LogP contribution in [0.3, 0.4) is 0 Å². The van der Waals surface area contributed by atoms with Gasteiger partial charge in [-0.15, -0.1) is 0 Å². The van der Waals surface area contributed by atoms with E-state index in [0.717, 1.165) is 55.5 Å². The Labute approximate surface area is 147 Å². The summed E-state index contributed by atoms with van der Waals surface area (Å²) in [5.41, 5.74) is 2.10. The number of carbonyl (C=O) groups is 1. The fraction of sp³-hybridized carbons (Fsp3) is 0.526. The maximum absolute atomic E-state index is 13.3. The zero-order valence-corrected chi connectivity index (χ0v) is 14.6. The summed E-state index contributed by atoms with van der Waals surface area (Å²) in [5, 5.41) is 7.67. The summed E-state index contributed by atoms with van der Waals surface area (Å²) in [6.07, 6.45) is 3.21. The summed E-state index contributed by atoms with van der Waals surface area (Å²) >= 11 is 0. The summed E-state index contributed by atoms with van der Waals surface area (Å²) in [6, 6.07) is 6.51. The van der Waals surface area contributed by atoms with Crippen LogP contribution in [0.15, 0.2) is 24.3 Å². The molecule has 1 spiro atoms. The Kier molecular flexibility index (Phi) is 4.25. The van der Waals surface area contributed by atoms with Gasteiger partial charge in [-0.1, -0.05) is 0 Å². The molecule has 6 heteroatoms. The summed E-state index contributed by atoms with van der Waals surface area (Å²) in [7, 11) is 1.84. The van der Waals surface area contributed by atoms with E-state index in [0.29, 0.717) is 6.54 Å². The minimum absolute atomic E-state index is 0.0927. The summed E-state index contributed by atoms with van der Waals surface area (Å²) in [5.74, 6) is -0.106. The molecule has 4 rings (SSSR count). The molecule has 1 amide bonds. The quantitative estimate of drug-likeness (QED) is 0.798. The molecular weight excluding hydrogens is 319 g/mol. The third-order valence-corrected chi connectivity index (χ3v) is 5.75. The second kappa shape index (κ2) is 6.42. The van der Waals surface area contributed by atoms with Crippen LogP contribution in [0, 0.1) is 11.2 Å². The molecule has 1 atom stereocenters. The van der Waals surface area contributed by atoms with E-state index in [-0.39, 0.29) is 23.2 Å². The van der Waals surface area contributed by atoms with Crippen LogP contribution in [0.1, 0.15) is 25.0 Å². The van der Waals surface area contributed by atoms with Gasteiger partial charge in [-0.25, -0.2) is 4.39 Å². The van der Waals surface area contributed by atoms with Crippen molar-refractivity contribution < 1.29 is 9.18 Å². The third kappa shape index (κ3) is 3.28. The van der Waals surface area contributed by atoms with Crippen molar-refractivity contribution in [2.24, 2.45) is 5.41 Å². The van der Waals surface area contributed by atoms with Crippen molar-refractivity contribution >= 4 is 16.8 Å². The highest BCUT2D eigenvalue weighted by atomic mass is 19.1. The van der Waals surface area contributed by atoms with Crippen LogP contribution >= 0.6 is 0 Å². The predicted molar refractivity (Wildman–Crippen MR) is 95.7 cm³/mol. The number of likely N-dealkylation sites (N-methyl/N-ethyl adjacent to an activating group) is 1. The molecule has 25 heavy (non-hydrogen) atoms. The Morgan fingerprint density at radius 3 is 2.92 bits per heavy atom. The highest BCUT2D eigenvalue weighted by Gasteiger charge is 2.42. The minimum atomic E-state index is -0.245. The van der Waals surface area contributed by atoms with E-state index < -0.39 is 0 Å². The molecule has 0 saturated carbocycles. The number of benzene rings is 1. The average molecular weight is 344 g/mol. The van der Waals surface area contributed by atoms with Crippen LogP contribution < -0.4 is 10.6 Å². The van der Waals surface area contributed by atoms with Gasteiger partial charge in [0.25, 0.3) is 0 Å². The first-order valence-corrected chi connectivity index (χ1v) is 9.01. The standard InChI is InChI=1S/C19H25FN4O/c1-24(11-15-9-13-8-14(20)2-3-16(13)23-15)18(25)17-10-19(12-22-17)4-6-21-7-5-19/h2-3,8-9,17,21-23H,4-7,10-12H2,1H3/t17-/m0/s1. The Morgan fingerprint density at radius 1 is 1.32 bits per heavy atom. The van der Waals surface area contributed by atoms with E-state index in [2.05, 4.69) is 15.6 Å². The second-order valence-corrected chi connectivity index (χ2v) is 7.61. The second-order valence-electron chi connectivity index (χ2n) is 7.61. The van der Waals surface area contributed by atoms with Crippen LogP contribution in [-0.2, 0) is 11.3 Å². The molecule has 5 nitrogen and oxygen atoms in total. The number of amides is 1. The number of nitrogens with zero attached hydrogens (tertiary/aromatic N) is 1. The van der Waals surface area contributed by atoms with Crippen LogP contribution in [-0.4, -0.2) is 48.5 Å². The molecule has 0 unspecified atom stereocenters. The molecule has 2 saturated heterocycles. The largest absolute Gasteiger partial charge is 0.357 e. The van der Waals surface area contributed by atoms with Crippen LogP contribution in [0.2, 0.25) is 0 Å². The van der Waals surface area contributed by atoms with Crippen LogP contribution in [0.5, 0.6) is 0 Å². The van der Waals surface area contributed by atoms with Gasteiger partial charge < -0.3 is 20.5 Å². The first-order valence-electron chi connectivity index (χ1n) is 9.01. The predicted octanol–water partition coefficient (Wildman–Crippen LogP) is 2.00. The molecule has 0 aliphatic carbocycles. The number of hydrogen-bond acceptors (Lipinski definition) is 3. The van der Waals surface area contributed by atoms with Crippen molar-refractivity contribution in [1.82, 2.24) is 20.5 Å². The van der Waals surface area contributed by atoms with Crippen molar-refractivity contribution in [1.29, 1.82) is 0 Å². The molecule has 2 aliphatic heterocycles. The van der Waals surface area contributed by atoms with E-state index >= 15 is 0 Å². The maximum Gasteiger partial charge on any atom is 0.239 e. The Balaban J connectivity index is 1.41. The van der Waals surface area contributed by atoms with Crippen molar-refractivity contribution in [3.8, 4) is 0 Å². The van der Waals surface area contributed by atoms with Gasteiger partial charge in [0, 0.05) is 30.2 Å². The number of carbonyl (C=O) groups excluding carboxylic acids is 1. The summed E-state index contributed by atoms with van der Waals surface area (Å²) < 4.78 is 13.3. The third-order valence-electron chi connectivity index (χ3n) is 5.75. The topological polar surface area (TPSA) is 60.2 Å². The van der Waals surface area contributed by atoms with Crippen molar-refractivity contribution in [3.05, 3.63) is 35.8 Å². The molecule has 3 N–H and O–H groups in total. The van der Waals surface area contributed by atoms with Gasteiger partial charge in [-0.2, -0.15) is 0 Å². The number of nitrogens with one attached hydrogen (secondary N) is 3. The number of halogens is 1. The van der Waals surface area contributed by atoms with E-state index in [1.54, 1.807) is 11.0 Å². The fourth-order valence-electron chi connectivity index (χ4n) is 4.28. The van der Waals surface area contributed by atoms with Gasteiger partial charge in [-0.3, -0.25) is 4.79 Å². The number of aromatic nitrogens is 1.